The molecule has 2 nitrogen and oxygen atoms in total. The number of rotatable bonds is 3. The van der Waals surface area contributed by atoms with Gasteiger partial charge in [-0.3, -0.25) is 0 Å². The summed E-state index contributed by atoms with van der Waals surface area (Å²) < 4.78 is 2.11. The molecule has 3 aromatic rings. The van der Waals surface area contributed by atoms with Crippen molar-refractivity contribution in [2.45, 2.75) is 13.0 Å². The van der Waals surface area contributed by atoms with Crippen LogP contribution in [0.4, 0.5) is 5.13 Å². The molecule has 20 heavy (non-hydrogen) atoms. The minimum atomic E-state index is 0.197. The predicted molar refractivity (Wildman–Crippen MR) is 90.8 cm³/mol. The topological polar surface area (TPSA) is 24.9 Å². The van der Waals surface area contributed by atoms with Crippen LogP contribution in [0.5, 0.6) is 0 Å². The highest BCUT2D eigenvalue weighted by atomic mass is 79.9. The fourth-order valence-corrected chi connectivity index (χ4v) is 3.50. The van der Waals surface area contributed by atoms with Crippen LogP contribution in [0.2, 0.25) is 5.02 Å². The Morgan fingerprint density at radius 1 is 1.20 bits per heavy atom. The Morgan fingerprint density at radius 2 is 1.95 bits per heavy atom. The Morgan fingerprint density at radius 3 is 2.65 bits per heavy atom. The van der Waals surface area contributed by atoms with Crippen molar-refractivity contribution >= 4 is 54.2 Å². The van der Waals surface area contributed by atoms with Crippen molar-refractivity contribution in [3.63, 3.8) is 0 Å². The zero-order valence-corrected chi connectivity index (χ0v) is 13.9. The van der Waals surface area contributed by atoms with Gasteiger partial charge < -0.3 is 5.32 Å². The third-order valence-electron chi connectivity index (χ3n) is 3.08. The zero-order chi connectivity index (χ0) is 14.1. The van der Waals surface area contributed by atoms with E-state index in [0.717, 1.165) is 24.8 Å². The van der Waals surface area contributed by atoms with Gasteiger partial charge in [-0.25, -0.2) is 4.98 Å². The fourth-order valence-electron chi connectivity index (χ4n) is 2.00. The lowest BCUT2D eigenvalue weighted by Crippen LogP contribution is -2.05. The first-order valence-corrected chi connectivity index (χ1v) is 8.19. The number of anilines is 1. The molecule has 1 N–H and O–H groups in total. The van der Waals surface area contributed by atoms with E-state index in [1.54, 1.807) is 11.3 Å². The Kier molecular flexibility index (Phi) is 3.96. The first-order chi connectivity index (χ1) is 9.63. The molecule has 0 saturated carbocycles. The first kappa shape index (κ1) is 13.9. The molecule has 1 atom stereocenters. The van der Waals surface area contributed by atoms with Crippen LogP contribution in [0.15, 0.2) is 46.9 Å². The SMILES string of the molecule is CC(Nc1nc2cccc(Cl)c2s1)c1ccc(Br)cc1. The van der Waals surface area contributed by atoms with E-state index >= 15 is 0 Å². The molecule has 2 aromatic carbocycles. The molecular weight excluding hydrogens is 356 g/mol. The van der Waals surface area contributed by atoms with Crippen LogP contribution in [0, 0.1) is 0 Å². The van der Waals surface area contributed by atoms with Crippen LogP contribution >= 0.6 is 38.9 Å². The van der Waals surface area contributed by atoms with Crippen LogP contribution in [0.1, 0.15) is 18.5 Å². The smallest absolute Gasteiger partial charge is 0.184 e. The average Bonchev–Trinajstić information content (AvgIpc) is 2.83. The van der Waals surface area contributed by atoms with Gasteiger partial charge in [-0.05, 0) is 36.8 Å². The molecule has 0 fully saturated rings. The number of thiazole rings is 1. The van der Waals surface area contributed by atoms with E-state index in [4.69, 9.17) is 11.6 Å². The summed E-state index contributed by atoms with van der Waals surface area (Å²) in [6, 6.07) is 14.3. The molecule has 102 valence electrons. The minimum absolute atomic E-state index is 0.197. The summed E-state index contributed by atoms with van der Waals surface area (Å²) in [6.45, 7) is 2.12. The summed E-state index contributed by atoms with van der Waals surface area (Å²) in [5.41, 5.74) is 2.16. The molecule has 0 amide bonds. The molecule has 0 spiro atoms. The highest BCUT2D eigenvalue weighted by Gasteiger charge is 2.10. The second-order valence-electron chi connectivity index (χ2n) is 4.52. The van der Waals surface area contributed by atoms with Crippen LogP contribution in [0.3, 0.4) is 0 Å². The van der Waals surface area contributed by atoms with Gasteiger partial charge in [-0.15, -0.1) is 0 Å². The number of fused-ring (bicyclic) bond motifs is 1. The molecule has 5 heteroatoms. The van der Waals surface area contributed by atoms with Crippen LogP contribution < -0.4 is 5.32 Å². The van der Waals surface area contributed by atoms with Gasteiger partial charge in [0.15, 0.2) is 5.13 Å². The van der Waals surface area contributed by atoms with E-state index in [2.05, 4.69) is 45.3 Å². The maximum Gasteiger partial charge on any atom is 0.184 e. The molecule has 0 bridgehead atoms. The average molecular weight is 368 g/mol. The standard InChI is InChI=1S/C15H12BrClN2S/c1-9(10-5-7-11(16)8-6-10)18-15-19-13-4-2-3-12(17)14(13)20-15/h2-9H,1H3,(H,18,19). The van der Waals surface area contributed by atoms with E-state index < -0.39 is 0 Å². The number of nitrogens with zero attached hydrogens (tertiary/aromatic N) is 1. The molecule has 0 aliphatic heterocycles. The summed E-state index contributed by atoms with van der Waals surface area (Å²) in [6.07, 6.45) is 0. The van der Waals surface area contributed by atoms with Crippen molar-refractivity contribution in [3.8, 4) is 0 Å². The molecule has 0 aliphatic carbocycles. The lowest BCUT2D eigenvalue weighted by atomic mass is 10.1. The third-order valence-corrected chi connectivity index (χ3v) is 5.07. The summed E-state index contributed by atoms with van der Waals surface area (Å²) >= 11 is 11.2. The van der Waals surface area contributed by atoms with Crippen LogP contribution in [-0.2, 0) is 0 Å². The van der Waals surface area contributed by atoms with Gasteiger partial charge in [-0.1, -0.05) is 57.1 Å². The molecule has 0 radical (unpaired) electrons. The number of halogens is 2. The Labute approximate surface area is 134 Å². The lowest BCUT2D eigenvalue weighted by Gasteiger charge is -2.13. The summed E-state index contributed by atoms with van der Waals surface area (Å²) in [5, 5.41) is 5.07. The zero-order valence-electron chi connectivity index (χ0n) is 10.7. The normalized spacial score (nSPS) is 12.6. The molecule has 1 heterocycles. The Bertz CT molecular complexity index is 739. The van der Waals surface area contributed by atoms with Gasteiger partial charge in [0.05, 0.1) is 21.3 Å². The van der Waals surface area contributed by atoms with Gasteiger partial charge in [-0.2, -0.15) is 0 Å². The molecular formula is C15H12BrClN2S. The van der Waals surface area contributed by atoms with E-state index in [1.807, 2.05) is 30.3 Å². The van der Waals surface area contributed by atoms with Gasteiger partial charge in [0.2, 0.25) is 0 Å². The molecule has 1 unspecified atom stereocenters. The maximum absolute atomic E-state index is 6.18. The van der Waals surface area contributed by atoms with Gasteiger partial charge >= 0.3 is 0 Å². The van der Waals surface area contributed by atoms with Gasteiger partial charge in [0.25, 0.3) is 0 Å². The molecule has 0 aliphatic rings. The maximum atomic E-state index is 6.18. The van der Waals surface area contributed by atoms with E-state index in [0.29, 0.717) is 0 Å². The number of nitrogens with one attached hydrogen (secondary N) is 1. The first-order valence-electron chi connectivity index (χ1n) is 6.20. The largest absolute Gasteiger partial charge is 0.355 e. The minimum Gasteiger partial charge on any atom is -0.355 e. The van der Waals surface area contributed by atoms with E-state index in [-0.39, 0.29) is 6.04 Å². The Balaban J connectivity index is 1.85. The summed E-state index contributed by atoms with van der Waals surface area (Å²) in [5.74, 6) is 0. The highest BCUT2D eigenvalue weighted by Crippen LogP contribution is 2.33. The van der Waals surface area contributed by atoms with Gasteiger partial charge in [0, 0.05) is 4.47 Å². The second-order valence-corrected chi connectivity index (χ2v) is 6.85. The molecule has 1 aromatic heterocycles. The van der Waals surface area contributed by atoms with Crippen molar-refractivity contribution in [1.29, 1.82) is 0 Å². The number of aromatic nitrogens is 1. The van der Waals surface area contributed by atoms with Gasteiger partial charge in [0.1, 0.15) is 0 Å². The fraction of sp³-hybridized carbons (Fsp3) is 0.133. The van der Waals surface area contributed by atoms with Crippen molar-refractivity contribution < 1.29 is 0 Å². The highest BCUT2D eigenvalue weighted by molar-refractivity contribution is 9.10. The second kappa shape index (κ2) is 5.72. The van der Waals surface area contributed by atoms with Crippen molar-refractivity contribution in [1.82, 2.24) is 4.98 Å². The summed E-state index contributed by atoms with van der Waals surface area (Å²) in [7, 11) is 0. The number of hydrogen-bond acceptors (Lipinski definition) is 3. The number of hydrogen-bond donors (Lipinski definition) is 1. The quantitative estimate of drug-likeness (QED) is 0.624. The number of benzene rings is 2. The summed E-state index contributed by atoms with van der Waals surface area (Å²) in [4.78, 5) is 4.57. The molecule has 0 saturated heterocycles. The predicted octanol–water partition coefficient (Wildman–Crippen LogP) is 5.89. The van der Waals surface area contributed by atoms with Crippen molar-refractivity contribution in [2.75, 3.05) is 5.32 Å². The lowest BCUT2D eigenvalue weighted by molar-refractivity contribution is 0.882. The molecule has 3 rings (SSSR count). The third kappa shape index (κ3) is 2.82. The van der Waals surface area contributed by atoms with E-state index in [9.17, 15) is 0 Å². The van der Waals surface area contributed by atoms with Crippen LogP contribution in [-0.4, -0.2) is 4.98 Å². The van der Waals surface area contributed by atoms with Crippen molar-refractivity contribution in [2.24, 2.45) is 0 Å². The van der Waals surface area contributed by atoms with Crippen LogP contribution in [0.25, 0.3) is 10.2 Å². The Hall–Kier alpha value is -1.10. The van der Waals surface area contributed by atoms with E-state index in [1.165, 1.54) is 5.56 Å². The van der Waals surface area contributed by atoms with Crippen molar-refractivity contribution in [3.05, 3.63) is 57.5 Å². The monoisotopic (exact) mass is 366 g/mol.